The van der Waals surface area contributed by atoms with Gasteiger partial charge in [-0.3, -0.25) is 4.79 Å². The summed E-state index contributed by atoms with van der Waals surface area (Å²) in [6.45, 7) is 8.95. The van der Waals surface area contributed by atoms with Crippen LogP contribution in [0, 0.1) is 45.3 Å². The number of hydrogen-bond donors (Lipinski definition) is 2. The lowest BCUT2D eigenvalue weighted by Gasteiger charge is -2.66. The van der Waals surface area contributed by atoms with Crippen molar-refractivity contribution < 1.29 is 15.0 Å². The Balaban J connectivity index is 1.62. The maximum absolute atomic E-state index is 13.2. The molecular formula is C20H30O3. The second-order valence-corrected chi connectivity index (χ2v) is 10.5. The Morgan fingerprint density at radius 3 is 2.30 bits per heavy atom. The first kappa shape index (κ1) is 14.9. The average Bonchev–Trinajstić information content (AvgIpc) is 3.07. The van der Waals surface area contributed by atoms with E-state index in [4.69, 9.17) is 0 Å². The molecule has 128 valence electrons. The quantitative estimate of drug-likeness (QED) is 0.722. The molecule has 6 aliphatic rings. The van der Waals surface area contributed by atoms with Crippen LogP contribution in [0.3, 0.4) is 0 Å². The van der Waals surface area contributed by atoms with Crippen LogP contribution in [-0.4, -0.2) is 28.2 Å². The molecule has 0 aliphatic heterocycles. The van der Waals surface area contributed by atoms with E-state index < -0.39 is 11.5 Å². The maximum atomic E-state index is 13.2. The van der Waals surface area contributed by atoms with Gasteiger partial charge in [-0.15, -0.1) is 0 Å². The zero-order valence-electron chi connectivity index (χ0n) is 14.8. The summed E-state index contributed by atoms with van der Waals surface area (Å²) in [5.74, 6) is 1.74. The summed E-state index contributed by atoms with van der Waals surface area (Å²) in [6, 6.07) is 0. The van der Waals surface area contributed by atoms with Gasteiger partial charge in [0.15, 0.2) is 0 Å². The number of Topliss-reactive ketones (excluding diaryl/α,β-unsaturated/α-hetero) is 1. The van der Waals surface area contributed by atoms with Crippen LogP contribution in [0.4, 0.5) is 0 Å². The van der Waals surface area contributed by atoms with E-state index in [0.717, 1.165) is 32.1 Å². The smallest absolute Gasteiger partial charge is 0.145 e. The van der Waals surface area contributed by atoms with E-state index in [-0.39, 0.29) is 28.3 Å². The van der Waals surface area contributed by atoms with Crippen molar-refractivity contribution in [3.8, 4) is 0 Å². The fraction of sp³-hybridized carbons (Fsp3) is 0.950. The minimum absolute atomic E-state index is 0.0872. The number of rotatable bonds is 0. The molecule has 0 heterocycles. The molecular weight excluding hydrogens is 288 g/mol. The Morgan fingerprint density at radius 1 is 1.00 bits per heavy atom. The number of aliphatic hydroxyl groups excluding tert-OH is 2. The minimum Gasteiger partial charge on any atom is -0.393 e. The number of carbonyl (C=O) groups excluding carboxylic acids is 1. The highest BCUT2D eigenvalue weighted by Crippen LogP contribution is 2.83. The van der Waals surface area contributed by atoms with Crippen molar-refractivity contribution in [2.75, 3.05) is 0 Å². The highest BCUT2D eigenvalue weighted by Gasteiger charge is 2.87. The normalized spacial score (nSPS) is 65.0. The summed E-state index contributed by atoms with van der Waals surface area (Å²) in [4.78, 5) is 13.2. The second kappa shape index (κ2) is 3.72. The van der Waals surface area contributed by atoms with Gasteiger partial charge < -0.3 is 10.2 Å². The van der Waals surface area contributed by atoms with Crippen molar-refractivity contribution in [2.24, 2.45) is 45.3 Å². The third-order valence-electron chi connectivity index (χ3n) is 9.84. The molecule has 0 radical (unpaired) electrons. The molecule has 0 aromatic rings. The van der Waals surface area contributed by atoms with E-state index in [9.17, 15) is 15.0 Å². The minimum atomic E-state index is -0.461. The Kier molecular flexibility index (Phi) is 2.41. The number of fused-ring (bicyclic) bond motifs is 1. The highest BCUT2D eigenvalue weighted by molar-refractivity contribution is 5.97. The average molecular weight is 318 g/mol. The third kappa shape index (κ3) is 1.24. The van der Waals surface area contributed by atoms with Gasteiger partial charge in [-0.1, -0.05) is 27.7 Å². The van der Waals surface area contributed by atoms with E-state index in [0.29, 0.717) is 23.5 Å². The van der Waals surface area contributed by atoms with Gasteiger partial charge in [0.2, 0.25) is 0 Å². The predicted molar refractivity (Wildman–Crippen MR) is 86.5 cm³/mol. The van der Waals surface area contributed by atoms with Crippen molar-refractivity contribution in [1.29, 1.82) is 0 Å². The molecule has 6 fully saturated rings. The molecule has 0 aromatic carbocycles. The monoisotopic (exact) mass is 318 g/mol. The molecule has 0 amide bonds. The Morgan fingerprint density at radius 2 is 1.70 bits per heavy atom. The topological polar surface area (TPSA) is 57.5 Å². The summed E-state index contributed by atoms with van der Waals surface area (Å²) in [5, 5.41) is 21.7. The van der Waals surface area contributed by atoms with E-state index in [1.807, 2.05) is 0 Å². The molecule has 0 saturated heterocycles. The number of ketones is 1. The van der Waals surface area contributed by atoms with E-state index in [1.165, 1.54) is 0 Å². The van der Waals surface area contributed by atoms with Gasteiger partial charge in [0.1, 0.15) is 5.78 Å². The molecule has 1 spiro atoms. The number of hydrogen-bond acceptors (Lipinski definition) is 3. The first-order chi connectivity index (χ1) is 10.6. The van der Waals surface area contributed by atoms with Crippen LogP contribution in [0.2, 0.25) is 0 Å². The van der Waals surface area contributed by atoms with Gasteiger partial charge >= 0.3 is 0 Å². The number of carbonyl (C=O) groups is 1. The molecule has 0 aromatic heterocycles. The third-order valence-corrected chi connectivity index (χ3v) is 9.84. The van der Waals surface area contributed by atoms with Crippen molar-refractivity contribution in [3.05, 3.63) is 0 Å². The molecule has 3 nitrogen and oxygen atoms in total. The van der Waals surface area contributed by atoms with Crippen molar-refractivity contribution in [1.82, 2.24) is 0 Å². The molecule has 6 saturated carbocycles. The zero-order valence-corrected chi connectivity index (χ0v) is 14.8. The van der Waals surface area contributed by atoms with E-state index in [1.54, 1.807) is 0 Å². The van der Waals surface area contributed by atoms with Crippen LogP contribution in [0.15, 0.2) is 0 Å². The largest absolute Gasteiger partial charge is 0.393 e. The Labute approximate surface area is 138 Å². The lowest BCUT2D eigenvalue weighted by molar-refractivity contribution is -0.215. The standard InChI is InChI=1S/C20H30O3/c1-17(2)11-5-8-20-12(18(11,3)7-6-13(17)21)9-10-14(15(20)22)19(10,4)16(20)23/h10-14,16,21,23H,5-9H2,1-4H3/t10-,11-,12+,13-,14?,16-,18-,19-,20+/m1/s1. The molecule has 9 atom stereocenters. The van der Waals surface area contributed by atoms with Crippen LogP contribution in [-0.2, 0) is 4.79 Å². The summed E-state index contributed by atoms with van der Waals surface area (Å²) < 4.78 is 0. The first-order valence-corrected chi connectivity index (χ1v) is 9.53. The number of aliphatic hydroxyl groups is 2. The fourth-order valence-electron chi connectivity index (χ4n) is 8.53. The Hall–Kier alpha value is -0.410. The molecule has 4 bridgehead atoms. The summed E-state index contributed by atoms with van der Waals surface area (Å²) in [5.41, 5.74) is -0.569. The van der Waals surface area contributed by atoms with Crippen LogP contribution in [0.25, 0.3) is 0 Å². The van der Waals surface area contributed by atoms with Crippen LogP contribution < -0.4 is 0 Å². The van der Waals surface area contributed by atoms with Gasteiger partial charge in [-0.2, -0.15) is 0 Å². The van der Waals surface area contributed by atoms with Gasteiger partial charge in [0.25, 0.3) is 0 Å². The van der Waals surface area contributed by atoms with Gasteiger partial charge in [-0.05, 0) is 60.7 Å². The summed E-state index contributed by atoms with van der Waals surface area (Å²) >= 11 is 0. The van der Waals surface area contributed by atoms with Crippen molar-refractivity contribution in [2.45, 2.75) is 72.0 Å². The van der Waals surface area contributed by atoms with Gasteiger partial charge in [0.05, 0.1) is 17.6 Å². The molecule has 3 heteroatoms. The molecule has 6 rings (SSSR count). The molecule has 23 heavy (non-hydrogen) atoms. The highest BCUT2D eigenvalue weighted by atomic mass is 16.3. The van der Waals surface area contributed by atoms with E-state index in [2.05, 4.69) is 27.7 Å². The lowest BCUT2D eigenvalue weighted by atomic mass is 9.38. The van der Waals surface area contributed by atoms with Crippen molar-refractivity contribution in [3.63, 3.8) is 0 Å². The molecule has 2 N–H and O–H groups in total. The zero-order chi connectivity index (χ0) is 16.6. The maximum Gasteiger partial charge on any atom is 0.145 e. The lowest BCUT2D eigenvalue weighted by Crippen LogP contribution is -2.65. The fourth-order valence-corrected chi connectivity index (χ4v) is 8.53. The van der Waals surface area contributed by atoms with Gasteiger partial charge in [0, 0.05) is 11.3 Å². The summed E-state index contributed by atoms with van der Waals surface area (Å²) in [6.07, 6.45) is 4.12. The Bertz CT molecular complexity index is 612. The van der Waals surface area contributed by atoms with Crippen molar-refractivity contribution >= 4 is 5.78 Å². The SMILES string of the molecule is CC1(C)[C@H](O)CC[C@]2(C)[C@@H]1CC[C@@]13C(=O)C4[C@@H](C[C@@H]21)[C@@]4(C)[C@H]3O. The second-order valence-electron chi connectivity index (χ2n) is 10.5. The van der Waals surface area contributed by atoms with Gasteiger partial charge in [-0.25, -0.2) is 0 Å². The molecule has 1 unspecified atom stereocenters. The van der Waals surface area contributed by atoms with Crippen LogP contribution in [0.5, 0.6) is 0 Å². The molecule has 6 aliphatic carbocycles. The van der Waals surface area contributed by atoms with Crippen LogP contribution in [0.1, 0.15) is 59.8 Å². The van der Waals surface area contributed by atoms with Crippen LogP contribution >= 0.6 is 0 Å². The van der Waals surface area contributed by atoms with E-state index >= 15 is 0 Å². The predicted octanol–water partition coefficient (Wildman–Crippen LogP) is 2.79. The first-order valence-electron chi connectivity index (χ1n) is 9.53. The summed E-state index contributed by atoms with van der Waals surface area (Å²) in [7, 11) is 0.